The van der Waals surface area contributed by atoms with Gasteiger partial charge in [0.25, 0.3) is 0 Å². The molecule has 3 nitrogen and oxygen atoms in total. The van der Waals surface area contributed by atoms with Gasteiger partial charge in [0.1, 0.15) is 0 Å². The lowest BCUT2D eigenvalue weighted by molar-refractivity contribution is 0.193. The summed E-state index contributed by atoms with van der Waals surface area (Å²) in [6.45, 7) is 2.25. The zero-order valence-electron chi connectivity index (χ0n) is 12.7. The van der Waals surface area contributed by atoms with E-state index in [2.05, 4.69) is 46.4 Å². The quantitative estimate of drug-likeness (QED) is 0.757. The summed E-state index contributed by atoms with van der Waals surface area (Å²) < 4.78 is 1.31. The Kier molecular flexibility index (Phi) is 4.06. The lowest BCUT2D eigenvalue weighted by atomic mass is 10.1. The fourth-order valence-corrected chi connectivity index (χ4v) is 4.95. The third kappa shape index (κ3) is 2.99. The van der Waals surface area contributed by atoms with Crippen LogP contribution >= 0.6 is 22.7 Å². The van der Waals surface area contributed by atoms with Crippen LogP contribution < -0.4 is 5.32 Å². The van der Waals surface area contributed by atoms with E-state index in [1.165, 1.54) is 26.1 Å². The van der Waals surface area contributed by atoms with Crippen LogP contribution in [0.4, 0.5) is 4.79 Å². The Bertz CT molecular complexity index is 836. The Hall–Kier alpha value is -1.85. The molecule has 23 heavy (non-hydrogen) atoms. The van der Waals surface area contributed by atoms with Crippen molar-refractivity contribution in [3.63, 3.8) is 0 Å². The summed E-state index contributed by atoms with van der Waals surface area (Å²) in [4.78, 5) is 15.7. The van der Waals surface area contributed by atoms with E-state index >= 15 is 0 Å². The number of carbonyl (C=O) groups is 1. The standard InChI is InChI=1S/C18H18N2OS2/c21-18(20-9-6-16-13(11-20)7-10-22-16)19-8-5-14-12-23-17-4-2-1-3-15(14)17/h1-4,7,10,12H,5-6,8-9,11H2,(H,19,21). The number of hydrogen-bond donors (Lipinski definition) is 1. The molecule has 3 heterocycles. The second-order valence-electron chi connectivity index (χ2n) is 5.78. The number of urea groups is 1. The minimum atomic E-state index is 0.0568. The van der Waals surface area contributed by atoms with Crippen molar-refractivity contribution in [1.82, 2.24) is 10.2 Å². The average molecular weight is 342 g/mol. The first-order valence-corrected chi connectivity index (χ1v) is 9.60. The minimum Gasteiger partial charge on any atom is -0.338 e. The maximum Gasteiger partial charge on any atom is 0.317 e. The van der Waals surface area contributed by atoms with Gasteiger partial charge >= 0.3 is 6.03 Å². The SMILES string of the molecule is O=C(NCCc1csc2ccccc12)N1CCc2sccc2C1. The fraction of sp³-hybridized carbons (Fsp3) is 0.278. The van der Waals surface area contributed by atoms with Gasteiger partial charge in [0.05, 0.1) is 0 Å². The van der Waals surface area contributed by atoms with E-state index in [9.17, 15) is 4.79 Å². The topological polar surface area (TPSA) is 32.3 Å². The molecule has 0 spiro atoms. The van der Waals surface area contributed by atoms with Crippen molar-refractivity contribution >= 4 is 38.8 Å². The first kappa shape index (κ1) is 14.7. The molecule has 2 aromatic heterocycles. The molecule has 0 aliphatic carbocycles. The number of carbonyl (C=O) groups excluding carboxylic acids is 1. The monoisotopic (exact) mass is 342 g/mol. The van der Waals surface area contributed by atoms with Crippen molar-refractivity contribution in [2.24, 2.45) is 0 Å². The number of nitrogens with one attached hydrogen (secondary N) is 1. The third-order valence-electron chi connectivity index (χ3n) is 4.33. The molecule has 4 rings (SSSR count). The zero-order chi connectivity index (χ0) is 15.6. The number of benzene rings is 1. The van der Waals surface area contributed by atoms with Gasteiger partial charge in [-0.25, -0.2) is 4.79 Å². The summed E-state index contributed by atoms with van der Waals surface area (Å²) in [5, 5.41) is 8.71. The van der Waals surface area contributed by atoms with Crippen LogP contribution in [-0.2, 0) is 19.4 Å². The average Bonchev–Trinajstić information content (AvgIpc) is 3.21. The van der Waals surface area contributed by atoms with Crippen molar-refractivity contribution in [1.29, 1.82) is 0 Å². The van der Waals surface area contributed by atoms with E-state index in [4.69, 9.17) is 0 Å². The maximum absolute atomic E-state index is 12.3. The molecular weight excluding hydrogens is 324 g/mol. The zero-order valence-corrected chi connectivity index (χ0v) is 14.4. The summed E-state index contributed by atoms with van der Waals surface area (Å²) in [7, 11) is 0. The molecule has 118 valence electrons. The van der Waals surface area contributed by atoms with E-state index in [-0.39, 0.29) is 6.03 Å². The van der Waals surface area contributed by atoms with Crippen molar-refractivity contribution < 1.29 is 4.79 Å². The van der Waals surface area contributed by atoms with Crippen LogP contribution in [0.15, 0.2) is 41.1 Å². The van der Waals surface area contributed by atoms with Crippen LogP contribution in [-0.4, -0.2) is 24.0 Å². The molecule has 1 N–H and O–H groups in total. The number of nitrogens with zero attached hydrogens (tertiary/aromatic N) is 1. The molecule has 1 aliphatic heterocycles. The minimum absolute atomic E-state index is 0.0568. The molecule has 3 aromatic rings. The molecule has 0 saturated carbocycles. The van der Waals surface area contributed by atoms with Crippen molar-refractivity contribution in [3.8, 4) is 0 Å². The highest BCUT2D eigenvalue weighted by atomic mass is 32.1. The normalized spacial score (nSPS) is 14.0. The van der Waals surface area contributed by atoms with E-state index in [1.807, 2.05) is 4.90 Å². The lowest BCUT2D eigenvalue weighted by Gasteiger charge is -2.27. The Balaban J connectivity index is 1.34. The van der Waals surface area contributed by atoms with E-state index in [1.54, 1.807) is 22.7 Å². The van der Waals surface area contributed by atoms with Crippen LogP contribution in [0.1, 0.15) is 16.0 Å². The van der Waals surface area contributed by atoms with Crippen molar-refractivity contribution in [3.05, 3.63) is 57.1 Å². The summed E-state index contributed by atoms with van der Waals surface area (Å²) >= 11 is 3.57. The lowest BCUT2D eigenvalue weighted by Crippen LogP contribution is -2.43. The Morgan fingerprint density at radius 1 is 1.22 bits per heavy atom. The Morgan fingerprint density at radius 3 is 3.09 bits per heavy atom. The van der Waals surface area contributed by atoms with Gasteiger partial charge in [0.15, 0.2) is 0 Å². The summed E-state index contributed by atoms with van der Waals surface area (Å²) in [6, 6.07) is 10.6. The second kappa shape index (κ2) is 6.34. The first-order chi connectivity index (χ1) is 11.3. The van der Waals surface area contributed by atoms with Crippen LogP contribution in [0.5, 0.6) is 0 Å². The molecule has 1 aromatic carbocycles. The highest BCUT2D eigenvalue weighted by Gasteiger charge is 2.21. The molecular formula is C18H18N2OS2. The third-order valence-corrected chi connectivity index (χ3v) is 6.36. The van der Waals surface area contributed by atoms with Gasteiger partial charge in [-0.1, -0.05) is 18.2 Å². The largest absolute Gasteiger partial charge is 0.338 e. The highest BCUT2D eigenvalue weighted by molar-refractivity contribution is 7.17. The van der Waals surface area contributed by atoms with Crippen LogP contribution in [0.25, 0.3) is 10.1 Å². The number of fused-ring (bicyclic) bond motifs is 2. The molecule has 0 bridgehead atoms. The predicted octanol–water partition coefficient (Wildman–Crippen LogP) is 4.27. The summed E-state index contributed by atoms with van der Waals surface area (Å²) in [5.41, 5.74) is 2.63. The molecule has 0 saturated heterocycles. The second-order valence-corrected chi connectivity index (χ2v) is 7.69. The maximum atomic E-state index is 12.3. The summed E-state index contributed by atoms with van der Waals surface area (Å²) in [6.07, 6.45) is 1.86. The molecule has 0 fully saturated rings. The van der Waals surface area contributed by atoms with Crippen LogP contribution in [0, 0.1) is 0 Å². The Morgan fingerprint density at radius 2 is 2.13 bits per heavy atom. The first-order valence-electron chi connectivity index (χ1n) is 7.84. The van der Waals surface area contributed by atoms with Crippen LogP contribution in [0.2, 0.25) is 0 Å². The summed E-state index contributed by atoms with van der Waals surface area (Å²) in [5.74, 6) is 0. The molecule has 0 atom stereocenters. The van der Waals surface area contributed by atoms with Gasteiger partial charge in [-0.05, 0) is 52.2 Å². The number of thiophene rings is 2. The Labute approximate surface area is 143 Å². The van der Waals surface area contributed by atoms with Gasteiger partial charge in [-0.3, -0.25) is 0 Å². The van der Waals surface area contributed by atoms with Gasteiger partial charge in [0.2, 0.25) is 0 Å². The van der Waals surface area contributed by atoms with Gasteiger partial charge in [-0.2, -0.15) is 0 Å². The van der Waals surface area contributed by atoms with Crippen LogP contribution in [0.3, 0.4) is 0 Å². The predicted molar refractivity (Wildman–Crippen MR) is 97.4 cm³/mol. The molecule has 1 aliphatic rings. The van der Waals surface area contributed by atoms with Crippen molar-refractivity contribution in [2.45, 2.75) is 19.4 Å². The molecule has 0 unspecified atom stereocenters. The number of rotatable bonds is 3. The number of amides is 2. The van der Waals surface area contributed by atoms with Gasteiger partial charge < -0.3 is 10.2 Å². The van der Waals surface area contributed by atoms with E-state index in [0.29, 0.717) is 6.54 Å². The van der Waals surface area contributed by atoms with Gasteiger partial charge in [0, 0.05) is 29.2 Å². The van der Waals surface area contributed by atoms with Crippen molar-refractivity contribution in [2.75, 3.05) is 13.1 Å². The molecule has 5 heteroatoms. The molecule has 2 amide bonds. The fourth-order valence-electron chi connectivity index (χ4n) is 3.06. The van der Waals surface area contributed by atoms with Gasteiger partial charge in [-0.15, -0.1) is 22.7 Å². The molecule has 0 radical (unpaired) electrons. The van der Waals surface area contributed by atoms with E-state index < -0.39 is 0 Å². The number of hydrogen-bond acceptors (Lipinski definition) is 3. The van der Waals surface area contributed by atoms with E-state index in [0.717, 1.165) is 25.9 Å². The smallest absolute Gasteiger partial charge is 0.317 e. The highest BCUT2D eigenvalue weighted by Crippen LogP contribution is 2.26.